The molecule has 1 N–H and O–H groups in total. The molecular weight excluding hydrogens is 236 g/mol. The third kappa shape index (κ3) is 4.25. The molecule has 2 atom stereocenters. The standard InChI is InChI=1S/C15H26N4/c1-3-9-19(12-14-5-4-6-16-10-14)13(2)15-11-17-7-8-18-15/h7-8,11,13-14,16H,3-6,9-10,12H2,1-2H3. The first kappa shape index (κ1) is 14.4. The smallest absolute Gasteiger partial charge is 0.0755 e. The van der Waals surface area contributed by atoms with E-state index in [0.29, 0.717) is 6.04 Å². The van der Waals surface area contributed by atoms with E-state index in [1.165, 1.54) is 32.4 Å². The zero-order chi connectivity index (χ0) is 13.5. The van der Waals surface area contributed by atoms with E-state index in [9.17, 15) is 0 Å². The molecule has 1 aliphatic rings. The highest BCUT2D eigenvalue weighted by atomic mass is 15.2. The van der Waals surface area contributed by atoms with Crippen LogP contribution in [0.5, 0.6) is 0 Å². The number of piperidine rings is 1. The normalized spacial score (nSPS) is 21.5. The lowest BCUT2D eigenvalue weighted by atomic mass is 9.98. The van der Waals surface area contributed by atoms with Gasteiger partial charge in [-0.25, -0.2) is 0 Å². The fourth-order valence-corrected chi connectivity index (χ4v) is 2.86. The molecule has 1 aliphatic heterocycles. The highest BCUT2D eigenvalue weighted by molar-refractivity contribution is 5.01. The summed E-state index contributed by atoms with van der Waals surface area (Å²) in [7, 11) is 0. The van der Waals surface area contributed by atoms with Gasteiger partial charge in [-0.05, 0) is 51.7 Å². The van der Waals surface area contributed by atoms with Crippen molar-refractivity contribution in [1.82, 2.24) is 20.2 Å². The highest BCUT2D eigenvalue weighted by Gasteiger charge is 2.21. The fraction of sp³-hybridized carbons (Fsp3) is 0.733. The van der Waals surface area contributed by atoms with Crippen molar-refractivity contribution in [3.05, 3.63) is 24.3 Å². The van der Waals surface area contributed by atoms with Gasteiger partial charge in [0.15, 0.2) is 0 Å². The van der Waals surface area contributed by atoms with Gasteiger partial charge in [-0.1, -0.05) is 6.92 Å². The zero-order valence-electron chi connectivity index (χ0n) is 12.2. The summed E-state index contributed by atoms with van der Waals surface area (Å²) in [5, 5.41) is 3.51. The molecule has 0 radical (unpaired) electrons. The Morgan fingerprint density at radius 3 is 3.00 bits per heavy atom. The van der Waals surface area contributed by atoms with Gasteiger partial charge >= 0.3 is 0 Å². The molecule has 1 fully saturated rings. The number of hydrogen-bond donors (Lipinski definition) is 1. The third-order valence-corrected chi connectivity index (χ3v) is 3.96. The molecule has 4 heteroatoms. The first-order valence-electron chi connectivity index (χ1n) is 7.52. The monoisotopic (exact) mass is 262 g/mol. The van der Waals surface area contributed by atoms with Crippen molar-refractivity contribution in [3.63, 3.8) is 0 Å². The SMILES string of the molecule is CCCN(CC1CCCNC1)C(C)c1cnccn1. The van der Waals surface area contributed by atoms with E-state index >= 15 is 0 Å². The lowest BCUT2D eigenvalue weighted by Crippen LogP contribution is -2.39. The van der Waals surface area contributed by atoms with Gasteiger partial charge < -0.3 is 5.32 Å². The lowest BCUT2D eigenvalue weighted by molar-refractivity contribution is 0.160. The Morgan fingerprint density at radius 2 is 2.37 bits per heavy atom. The molecule has 0 saturated carbocycles. The molecule has 0 aliphatic carbocycles. The zero-order valence-corrected chi connectivity index (χ0v) is 12.2. The summed E-state index contributed by atoms with van der Waals surface area (Å²) >= 11 is 0. The van der Waals surface area contributed by atoms with Gasteiger partial charge in [0.25, 0.3) is 0 Å². The van der Waals surface area contributed by atoms with E-state index in [2.05, 4.69) is 34.0 Å². The summed E-state index contributed by atoms with van der Waals surface area (Å²) in [6, 6.07) is 0.357. The van der Waals surface area contributed by atoms with Crippen LogP contribution in [0.15, 0.2) is 18.6 Å². The molecule has 1 aromatic heterocycles. The van der Waals surface area contributed by atoms with Crippen LogP contribution in [0.3, 0.4) is 0 Å². The summed E-state index contributed by atoms with van der Waals surface area (Å²) in [4.78, 5) is 11.2. The van der Waals surface area contributed by atoms with Crippen molar-refractivity contribution >= 4 is 0 Å². The predicted molar refractivity (Wildman–Crippen MR) is 77.9 cm³/mol. The Morgan fingerprint density at radius 1 is 1.47 bits per heavy atom. The van der Waals surface area contributed by atoms with Crippen LogP contribution in [0.1, 0.15) is 44.8 Å². The minimum atomic E-state index is 0.357. The maximum atomic E-state index is 4.46. The summed E-state index contributed by atoms with van der Waals surface area (Å²) in [6.45, 7) is 9.13. The Bertz CT molecular complexity index is 348. The van der Waals surface area contributed by atoms with Crippen molar-refractivity contribution in [2.24, 2.45) is 5.92 Å². The number of nitrogens with one attached hydrogen (secondary N) is 1. The van der Waals surface area contributed by atoms with Gasteiger partial charge in [-0.3, -0.25) is 14.9 Å². The van der Waals surface area contributed by atoms with Crippen molar-refractivity contribution in [3.8, 4) is 0 Å². The maximum Gasteiger partial charge on any atom is 0.0755 e. The lowest BCUT2D eigenvalue weighted by Gasteiger charge is -2.33. The van der Waals surface area contributed by atoms with Gasteiger partial charge in [0.05, 0.1) is 11.7 Å². The molecule has 0 bridgehead atoms. The van der Waals surface area contributed by atoms with Gasteiger partial charge in [-0.2, -0.15) is 0 Å². The van der Waals surface area contributed by atoms with E-state index in [4.69, 9.17) is 0 Å². The summed E-state index contributed by atoms with van der Waals surface area (Å²) in [5.41, 5.74) is 1.08. The molecule has 4 nitrogen and oxygen atoms in total. The summed E-state index contributed by atoms with van der Waals surface area (Å²) < 4.78 is 0. The summed E-state index contributed by atoms with van der Waals surface area (Å²) in [6.07, 6.45) is 9.27. The topological polar surface area (TPSA) is 41.0 Å². The average molecular weight is 262 g/mol. The quantitative estimate of drug-likeness (QED) is 0.853. The van der Waals surface area contributed by atoms with Gasteiger partial charge in [0.2, 0.25) is 0 Å². The van der Waals surface area contributed by atoms with Crippen LogP contribution in [0, 0.1) is 5.92 Å². The van der Waals surface area contributed by atoms with Crippen LogP contribution >= 0.6 is 0 Å². The van der Waals surface area contributed by atoms with E-state index in [-0.39, 0.29) is 0 Å². The molecule has 2 rings (SSSR count). The van der Waals surface area contributed by atoms with Crippen molar-refractivity contribution in [2.45, 2.75) is 39.2 Å². The molecular formula is C15H26N4. The molecule has 0 spiro atoms. The van der Waals surface area contributed by atoms with E-state index in [0.717, 1.165) is 24.7 Å². The molecule has 1 aromatic rings. The third-order valence-electron chi connectivity index (χ3n) is 3.96. The van der Waals surface area contributed by atoms with E-state index in [1.807, 2.05) is 6.20 Å². The fourth-order valence-electron chi connectivity index (χ4n) is 2.86. The summed E-state index contributed by atoms with van der Waals surface area (Å²) in [5.74, 6) is 0.777. The van der Waals surface area contributed by atoms with Crippen molar-refractivity contribution < 1.29 is 0 Å². The average Bonchev–Trinajstić information content (AvgIpc) is 2.48. The molecule has 0 amide bonds. The first-order valence-corrected chi connectivity index (χ1v) is 7.52. The number of hydrogen-bond acceptors (Lipinski definition) is 4. The van der Waals surface area contributed by atoms with E-state index in [1.54, 1.807) is 12.4 Å². The Labute approximate surface area is 116 Å². The van der Waals surface area contributed by atoms with Crippen molar-refractivity contribution in [1.29, 1.82) is 0 Å². The Balaban J connectivity index is 1.97. The molecule has 0 aromatic carbocycles. The molecule has 1 saturated heterocycles. The van der Waals surface area contributed by atoms with Crippen LogP contribution < -0.4 is 5.32 Å². The van der Waals surface area contributed by atoms with Gasteiger partial charge in [-0.15, -0.1) is 0 Å². The second-order valence-corrected chi connectivity index (χ2v) is 5.51. The molecule has 2 unspecified atom stereocenters. The van der Waals surface area contributed by atoms with Crippen LogP contribution in [0.4, 0.5) is 0 Å². The second-order valence-electron chi connectivity index (χ2n) is 5.51. The predicted octanol–water partition coefficient (Wildman–Crippen LogP) is 2.25. The molecule has 2 heterocycles. The Hall–Kier alpha value is -1.00. The maximum absolute atomic E-state index is 4.46. The van der Waals surface area contributed by atoms with Crippen LogP contribution in [-0.2, 0) is 0 Å². The minimum Gasteiger partial charge on any atom is -0.316 e. The second kappa shape index (κ2) is 7.56. The number of aromatic nitrogens is 2. The number of rotatable bonds is 6. The minimum absolute atomic E-state index is 0.357. The number of nitrogens with zero attached hydrogens (tertiary/aromatic N) is 3. The van der Waals surface area contributed by atoms with Crippen molar-refractivity contribution in [2.75, 3.05) is 26.2 Å². The van der Waals surface area contributed by atoms with Crippen LogP contribution in [-0.4, -0.2) is 41.0 Å². The molecule has 19 heavy (non-hydrogen) atoms. The van der Waals surface area contributed by atoms with E-state index < -0.39 is 0 Å². The molecule has 106 valence electrons. The first-order chi connectivity index (χ1) is 9.31. The van der Waals surface area contributed by atoms with Crippen LogP contribution in [0.2, 0.25) is 0 Å². The Kier molecular flexibility index (Phi) is 5.73. The van der Waals surface area contributed by atoms with Gasteiger partial charge in [0, 0.05) is 25.1 Å². The largest absolute Gasteiger partial charge is 0.316 e. The van der Waals surface area contributed by atoms with Crippen LogP contribution in [0.25, 0.3) is 0 Å². The van der Waals surface area contributed by atoms with Gasteiger partial charge in [0.1, 0.15) is 0 Å². The highest BCUT2D eigenvalue weighted by Crippen LogP contribution is 2.21.